The van der Waals surface area contributed by atoms with Crippen LogP contribution in [0, 0.1) is 34.5 Å². The van der Waals surface area contributed by atoms with Crippen LogP contribution in [-0.2, 0) is 38.0 Å². The largest absolute Gasteiger partial charge is 0.497 e. The number of methoxy groups -OCH3 is 1. The molecule has 0 aromatic heterocycles. The molecule has 7 rings (SSSR count). The van der Waals surface area contributed by atoms with Gasteiger partial charge in [-0.25, -0.2) is 4.79 Å². The summed E-state index contributed by atoms with van der Waals surface area (Å²) >= 11 is 0. The van der Waals surface area contributed by atoms with Gasteiger partial charge in [-0.3, -0.25) is 9.59 Å². The van der Waals surface area contributed by atoms with Gasteiger partial charge in [0, 0.05) is 13.3 Å². The van der Waals surface area contributed by atoms with E-state index in [1.807, 2.05) is 6.92 Å². The standard InChI is InChI=1S/C47H66O14/c1-24(2)8-15-34(50)25(3)38-37(21-33-31-14-11-28-20-29(49)16-18-46(28,5)32(31)17-19-47(33,38)6)59-45-42(58-26(4)48)40(36(52)23-57-45)61-44-41(39(53)35(51)22-56-44)60-43(54)27-9-12-30(55-7)13-10-27/h9-13,24,29,31-33,35-37,39-42,44-45,49,51-53H,8,14-23H2,1-7H3/b38-25-/t29-,31+,32-,33-,35+,36-,37+,39-,40-,41+,42+,44-,45-,46-,47-/m0/s1. The molecule has 6 aliphatic rings. The average Bonchev–Trinajstić information content (AvgIpc) is 3.52. The van der Waals surface area contributed by atoms with Crippen molar-refractivity contribution in [1.82, 2.24) is 0 Å². The van der Waals surface area contributed by atoms with Gasteiger partial charge in [-0.1, -0.05) is 39.3 Å². The molecule has 3 saturated carbocycles. The summed E-state index contributed by atoms with van der Waals surface area (Å²) in [5, 5.41) is 43.6. The minimum absolute atomic E-state index is 0.00628. The molecule has 14 nitrogen and oxygen atoms in total. The van der Waals surface area contributed by atoms with Crippen molar-refractivity contribution in [2.75, 3.05) is 20.3 Å². The Hall–Kier alpha value is -3.21. The molecule has 61 heavy (non-hydrogen) atoms. The van der Waals surface area contributed by atoms with Crippen LogP contribution in [-0.4, -0.2) is 120 Å². The molecule has 14 heteroatoms. The molecular weight excluding hydrogens is 789 g/mol. The van der Waals surface area contributed by atoms with Crippen LogP contribution < -0.4 is 4.74 Å². The Balaban J connectivity index is 1.18. The molecule has 0 amide bonds. The third-order valence-electron chi connectivity index (χ3n) is 14.9. The summed E-state index contributed by atoms with van der Waals surface area (Å²) in [6, 6.07) is 6.11. The Kier molecular flexibility index (Phi) is 13.9. The Bertz CT molecular complexity index is 1820. The Morgan fingerprint density at radius 3 is 2.18 bits per heavy atom. The number of hydrogen-bond donors (Lipinski definition) is 4. The third kappa shape index (κ3) is 9.11. The SMILES string of the molecule is COc1ccc(C(=O)O[C@H]2[C@H](O[C@@H]3[C@@H](OC(C)=O)[C@H](O[C@@H]4C[C@H]5[C@@H]6CC=C7C[C@@H](O)CC[C@]7(C)[C@H]6CC[C@]5(C)/C4=C(/C)C(=O)CCC(C)C)OC[C@@H]3O)OC[C@@H](O)[C@@H]2O)cc1. The average molecular weight is 855 g/mol. The van der Waals surface area contributed by atoms with Gasteiger partial charge in [-0.15, -0.1) is 0 Å². The first-order valence-corrected chi connectivity index (χ1v) is 22.2. The molecule has 2 aliphatic heterocycles. The molecule has 1 aromatic carbocycles. The fourth-order valence-electron chi connectivity index (χ4n) is 11.6. The fraction of sp³-hybridized carbons (Fsp3) is 0.723. The third-order valence-corrected chi connectivity index (χ3v) is 14.9. The van der Waals surface area contributed by atoms with Crippen LogP contribution in [0.15, 0.2) is 47.1 Å². The summed E-state index contributed by atoms with van der Waals surface area (Å²) in [6.45, 7) is 11.3. The van der Waals surface area contributed by atoms with E-state index in [1.165, 1.54) is 31.7 Å². The van der Waals surface area contributed by atoms with E-state index in [9.17, 15) is 34.8 Å². The van der Waals surface area contributed by atoms with E-state index in [-0.39, 0.29) is 47.4 Å². The molecule has 1 aromatic rings. The number of ketones is 1. The van der Waals surface area contributed by atoms with Gasteiger partial charge in [0.15, 0.2) is 30.6 Å². The van der Waals surface area contributed by atoms with E-state index in [0.29, 0.717) is 48.3 Å². The second-order valence-corrected chi connectivity index (χ2v) is 19.2. The number of hydrogen-bond acceptors (Lipinski definition) is 14. The molecule has 15 atom stereocenters. The molecule has 0 bridgehead atoms. The van der Waals surface area contributed by atoms with Crippen LogP contribution in [0.3, 0.4) is 0 Å². The highest BCUT2D eigenvalue weighted by Crippen LogP contribution is 2.67. The van der Waals surface area contributed by atoms with Crippen molar-refractivity contribution in [1.29, 1.82) is 0 Å². The number of aliphatic hydroxyl groups excluding tert-OH is 4. The first-order chi connectivity index (χ1) is 28.9. The monoisotopic (exact) mass is 854 g/mol. The molecule has 4 N–H and O–H groups in total. The van der Waals surface area contributed by atoms with Crippen LogP contribution in [0.4, 0.5) is 0 Å². The first kappa shape index (κ1) is 45.8. The van der Waals surface area contributed by atoms with E-state index in [4.69, 9.17) is 33.2 Å². The lowest BCUT2D eigenvalue weighted by atomic mass is 9.47. The maximum absolute atomic E-state index is 14.0. The number of aliphatic hydroxyl groups is 4. The summed E-state index contributed by atoms with van der Waals surface area (Å²) in [7, 11) is 1.49. The van der Waals surface area contributed by atoms with Crippen LogP contribution in [0.1, 0.15) is 110 Å². The molecule has 2 heterocycles. The number of rotatable bonds is 12. The van der Waals surface area contributed by atoms with Gasteiger partial charge < -0.3 is 53.6 Å². The minimum Gasteiger partial charge on any atom is -0.497 e. The van der Waals surface area contributed by atoms with Crippen LogP contribution in [0.25, 0.3) is 0 Å². The Morgan fingerprint density at radius 1 is 0.836 bits per heavy atom. The zero-order valence-corrected chi connectivity index (χ0v) is 36.6. The second kappa shape index (κ2) is 18.5. The predicted molar refractivity (Wildman–Crippen MR) is 220 cm³/mol. The zero-order chi connectivity index (χ0) is 44.0. The molecule has 2 saturated heterocycles. The van der Waals surface area contributed by atoms with Crippen molar-refractivity contribution in [2.24, 2.45) is 34.5 Å². The first-order valence-electron chi connectivity index (χ1n) is 22.2. The quantitative estimate of drug-likeness (QED) is 0.125. The molecular formula is C47H66O14. The molecule has 5 fully saturated rings. The highest BCUT2D eigenvalue weighted by atomic mass is 16.7. The van der Waals surface area contributed by atoms with Crippen molar-refractivity contribution in [2.45, 2.75) is 161 Å². The summed E-state index contributed by atoms with van der Waals surface area (Å²) in [4.78, 5) is 40.1. The van der Waals surface area contributed by atoms with E-state index in [2.05, 4.69) is 33.8 Å². The van der Waals surface area contributed by atoms with Crippen LogP contribution >= 0.6 is 0 Å². The van der Waals surface area contributed by atoms with E-state index < -0.39 is 67.2 Å². The minimum atomic E-state index is -1.63. The number of fused-ring (bicyclic) bond motifs is 5. The second-order valence-electron chi connectivity index (χ2n) is 19.2. The van der Waals surface area contributed by atoms with Crippen molar-refractivity contribution in [3.8, 4) is 5.75 Å². The Labute approximate surface area is 358 Å². The summed E-state index contributed by atoms with van der Waals surface area (Å²) in [6.07, 6.45) is -3.09. The maximum atomic E-state index is 14.0. The van der Waals surface area contributed by atoms with Gasteiger partial charge >= 0.3 is 11.9 Å². The molecule has 0 unspecified atom stereocenters. The van der Waals surface area contributed by atoms with E-state index in [0.717, 1.165) is 44.1 Å². The van der Waals surface area contributed by atoms with E-state index in [1.54, 1.807) is 12.1 Å². The summed E-state index contributed by atoms with van der Waals surface area (Å²) < 4.78 is 41.9. The van der Waals surface area contributed by atoms with Crippen molar-refractivity contribution in [3.05, 3.63) is 52.6 Å². The lowest BCUT2D eigenvalue weighted by molar-refractivity contribution is -0.337. The maximum Gasteiger partial charge on any atom is 0.338 e. The lowest BCUT2D eigenvalue weighted by Gasteiger charge is -2.57. The van der Waals surface area contributed by atoms with Gasteiger partial charge in [-0.05, 0) is 128 Å². The van der Waals surface area contributed by atoms with Gasteiger partial charge in [0.25, 0.3) is 0 Å². The zero-order valence-electron chi connectivity index (χ0n) is 36.6. The fourth-order valence-corrected chi connectivity index (χ4v) is 11.6. The number of esters is 2. The highest BCUT2D eigenvalue weighted by Gasteiger charge is 2.61. The van der Waals surface area contributed by atoms with Crippen LogP contribution in [0.2, 0.25) is 0 Å². The van der Waals surface area contributed by atoms with Gasteiger partial charge in [0.1, 0.15) is 30.2 Å². The summed E-state index contributed by atoms with van der Waals surface area (Å²) in [5.41, 5.74) is 2.76. The Morgan fingerprint density at radius 2 is 1.51 bits per heavy atom. The molecule has 0 radical (unpaired) electrons. The predicted octanol–water partition coefficient (Wildman–Crippen LogP) is 4.97. The number of carbonyl (C=O) groups is 3. The van der Waals surface area contributed by atoms with Crippen molar-refractivity contribution in [3.63, 3.8) is 0 Å². The molecule has 4 aliphatic carbocycles. The lowest BCUT2D eigenvalue weighted by Crippen LogP contribution is -2.62. The van der Waals surface area contributed by atoms with Gasteiger partial charge in [0.2, 0.25) is 0 Å². The number of carbonyl (C=O) groups excluding carboxylic acids is 3. The topological polar surface area (TPSA) is 197 Å². The van der Waals surface area contributed by atoms with Crippen molar-refractivity contribution >= 4 is 17.7 Å². The normalized spacial score (nSPS) is 40.5. The van der Waals surface area contributed by atoms with Crippen molar-refractivity contribution < 1.29 is 68.0 Å². The molecule has 338 valence electrons. The van der Waals surface area contributed by atoms with E-state index >= 15 is 0 Å². The number of benzene rings is 1. The van der Waals surface area contributed by atoms with Crippen LogP contribution in [0.5, 0.6) is 5.75 Å². The number of Topliss-reactive ketones (excluding diaryl/α,β-unsaturated/α-hetero) is 1. The van der Waals surface area contributed by atoms with Gasteiger partial charge in [0.05, 0.1) is 38.1 Å². The summed E-state index contributed by atoms with van der Waals surface area (Å²) in [5.74, 6) is 0.304. The number of allylic oxidation sites excluding steroid dienone is 2. The highest BCUT2D eigenvalue weighted by molar-refractivity contribution is 5.96. The number of ether oxygens (including phenoxy) is 7. The van der Waals surface area contributed by atoms with Gasteiger partial charge in [-0.2, -0.15) is 0 Å². The smallest absolute Gasteiger partial charge is 0.338 e. The molecule has 0 spiro atoms.